The van der Waals surface area contributed by atoms with Crippen molar-refractivity contribution in [2.75, 3.05) is 11.9 Å². The standard InChI is InChI=1S/C15H16N4O5S/c1-3-24-14-8-13(16-9-17-14)15(21)18-11-4-6-12(7-5-11)25(22,23)19-10(2)20/h4-9H,3H2,1-2H3,(H,18,21)(H,19,20). The number of nitrogens with one attached hydrogen (secondary N) is 2. The molecule has 0 spiro atoms. The maximum Gasteiger partial charge on any atom is 0.274 e. The molecular formula is C15H16N4O5S. The lowest BCUT2D eigenvalue weighted by atomic mass is 10.3. The van der Waals surface area contributed by atoms with Gasteiger partial charge < -0.3 is 10.1 Å². The van der Waals surface area contributed by atoms with Crippen LogP contribution in [0.15, 0.2) is 41.6 Å². The molecule has 0 radical (unpaired) electrons. The largest absolute Gasteiger partial charge is 0.478 e. The van der Waals surface area contributed by atoms with E-state index in [1.807, 2.05) is 4.72 Å². The highest BCUT2D eigenvalue weighted by Crippen LogP contribution is 2.15. The highest BCUT2D eigenvalue weighted by Gasteiger charge is 2.16. The van der Waals surface area contributed by atoms with Crippen LogP contribution in [0, 0.1) is 0 Å². The predicted molar refractivity (Wildman–Crippen MR) is 88.6 cm³/mol. The fourth-order valence-electron chi connectivity index (χ4n) is 1.85. The van der Waals surface area contributed by atoms with Crippen molar-refractivity contribution < 1.29 is 22.7 Å². The summed E-state index contributed by atoms with van der Waals surface area (Å²) in [6, 6.07) is 6.74. The van der Waals surface area contributed by atoms with E-state index in [0.29, 0.717) is 12.3 Å². The molecular weight excluding hydrogens is 348 g/mol. The average Bonchev–Trinajstić information content (AvgIpc) is 2.55. The first-order chi connectivity index (χ1) is 11.8. The zero-order valence-corrected chi connectivity index (χ0v) is 14.3. The van der Waals surface area contributed by atoms with E-state index in [4.69, 9.17) is 4.74 Å². The second-order valence-corrected chi connectivity index (χ2v) is 6.50. The first kappa shape index (κ1) is 18.3. The number of ether oxygens (including phenoxy) is 1. The number of anilines is 1. The van der Waals surface area contributed by atoms with Crippen molar-refractivity contribution in [3.05, 3.63) is 42.4 Å². The Morgan fingerprint density at radius 1 is 1.16 bits per heavy atom. The van der Waals surface area contributed by atoms with Gasteiger partial charge in [-0.1, -0.05) is 0 Å². The number of sulfonamides is 1. The molecule has 10 heteroatoms. The van der Waals surface area contributed by atoms with Crippen LogP contribution in [0.25, 0.3) is 0 Å². The number of amides is 2. The minimum Gasteiger partial charge on any atom is -0.478 e. The van der Waals surface area contributed by atoms with E-state index in [1.165, 1.54) is 36.7 Å². The van der Waals surface area contributed by atoms with Crippen LogP contribution in [0.3, 0.4) is 0 Å². The van der Waals surface area contributed by atoms with Crippen molar-refractivity contribution >= 4 is 27.5 Å². The van der Waals surface area contributed by atoms with Crippen molar-refractivity contribution in [2.45, 2.75) is 18.7 Å². The summed E-state index contributed by atoms with van der Waals surface area (Å²) in [5.41, 5.74) is 0.469. The highest BCUT2D eigenvalue weighted by molar-refractivity contribution is 7.90. The van der Waals surface area contributed by atoms with Crippen LogP contribution in [-0.4, -0.2) is 36.8 Å². The summed E-state index contributed by atoms with van der Waals surface area (Å²) in [5.74, 6) is -0.911. The molecule has 2 amide bonds. The molecule has 2 rings (SSSR count). The van der Waals surface area contributed by atoms with Gasteiger partial charge in [0.15, 0.2) is 0 Å². The van der Waals surface area contributed by atoms with Gasteiger partial charge in [-0.15, -0.1) is 0 Å². The molecule has 1 aromatic carbocycles. The molecule has 0 saturated heterocycles. The van der Waals surface area contributed by atoms with Crippen LogP contribution in [0.4, 0.5) is 5.69 Å². The van der Waals surface area contributed by atoms with Crippen molar-refractivity contribution in [1.29, 1.82) is 0 Å². The van der Waals surface area contributed by atoms with E-state index in [-0.39, 0.29) is 16.5 Å². The first-order valence-electron chi connectivity index (χ1n) is 7.21. The fraction of sp³-hybridized carbons (Fsp3) is 0.200. The first-order valence-corrected chi connectivity index (χ1v) is 8.70. The molecule has 0 aliphatic heterocycles. The van der Waals surface area contributed by atoms with Gasteiger partial charge in [-0.25, -0.2) is 23.1 Å². The second kappa shape index (κ2) is 7.71. The molecule has 2 aromatic rings. The third-order valence-corrected chi connectivity index (χ3v) is 4.32. The topological polar surface area (TPSA) is 127 Å². The molecule has 0 aliphatic rings. The zero-order valence-electron chi connectivity index (χ0n) is 13.5. The third-order valence-electron chi connectivity index (χ3n) is 2.87. The average molecular weight is 364 g/mol. The summed E-state index contributed by atoms with van der Waals surface area (Å²) < 4.78 is 30.7. The van der Waals surface area contributed by atoms with Gasteiger partial charge in [0.2, 0.25) is 11.8 Å². The summed E-state index contributed by atoms with van der Waals surface area (Å²) in [4.78, 5) is 30.7. The van der Waals surface area contributed by atoms with E-state index in [9.17, 15) is 18.0 Å². The molecule has 0 unspecified atom stereocenters. The van der Waals surface area contributed by atoms with E-state index >= 15 is 0 Å². The summed E-state index contributed by atoms with van der Waals surface area (Å²) >= 11 is 0. The molecule has 9 nitrogen and oxygen atoms in total. The van der Waals surface area contributed by atoms with Gasteiger partial charge in [-0.2, -0.15) is 0 Å². The van der Waals surface area contributed by atoms with Crippen molar-refractivity contribution in [3.8, 4) is 5.88 Å². The molecule has 0 saturated carbocycles. The summed E-state index contributed by atoms with van der Waals surface area (Å²) in [6.45, 7) is 3.30. The summed E-state index contributed by atoms with van der Waals surface area (Å²) in [6.07, 6.45) is 1.21. The minimum absolute atomic E-state index is 0.0960. The molecule has 0 fully saturated rings. The third kappa shape index (κ3) is 4.98. The van der Waals surface area contributed by atoms with Crippen LogP contribution in [-0.2, 0) is 14.8 Å². The maximum atomic E-state index is 12.2. The Hall–Kier alpha value is -3.01. The Bertz CT molecular complexity index is 881. The highest BCUT2D eigenvalue weighted by atomic mass is 32.2. The molecule has 0 atom stereocenters. The Balaban J connectivity index is 2.12. The Kier molecular flexibility index (Phi) is 5.65. The lowest BCUT2D eigenvalue weighted by molar-refractivity contribution is -0.117. The van der Waals surface area contributed by atoms with Crippen LogP contribution in [0.5, 0.6) is 5.88 Å². The fourth-order valence-corrected chi connectivity index (χ4v) is 2.84. The quantitative estimate of drug-likeness (QED) is 0.781. The molecule has 0 aliphatic carbocycles. The number of nitrogens with zero attached hydrogens (tertiary/aromatic N) is 2. The van der Waals surface area contributed by atoms with Crippen molar-refractivity contribution in [1.82, 2.24) is 14.7 Å². The predicted octanol–water partition coefficient (Wildman–Crippen LogP) is 0.952. The number of rotatable bonds is 6. The lowest BCUT2D eigenvalue weighted by Crippen LogP contribution is -2.28. The molecule has 0 bridgehead atoms. The Morgan fingerprint density at radius 2 is 1.84 bits per heavy atom. The second-order valence-electron chi connectivity index (χ2n) is 4.81. The monoisotopic (exact) mass is 364 g/mol. The number of carbonyl (C=O) groups is 2. The van der Waals surface area contributed by atoms with Gasteiger partial charge in [-0.05, 0) is 31.2 Å². The number of benzene rings is 1. The minimum atomic E-state index is -3.92. The van der Waals surface area contributed by atoms with E-state index < -0.39 is 21.8 Å². The Labute approximate surface area is 144 Å². The van der Waals surface area contributed by atoms with Gasteiger partial charge in [0.1, 0.15) is 12.0 Å². The van der Waals surface area contributed by atoms with Crippen LogP contribution in [0.1, 0.15) is 24.3 Å². The van der Waals surface area contributed by atoms with Crippen LogP contribution >= 0.6 is 0 Å². The number of aromatic nitrogens is 2. The summed E-state index contributed by atoms with van der Waals surface area (Å²) in [7, 11) is -3.92. The number of hydrogen-bond donors (Lipinski definition) is 2. The molecule has 1 aromatic heterocycles. The van der Waals surface area contributed by atoms with Crippen molar-refractivity contribution in [2.24, 2.45) is 0 Å². The van der Waals surface area contributed by atoms with Crippen LogP contribution < -0.4 is 14.8 Å². The maximum absolute atomic E-state index is 12.2. The van der Waals surface area contributed by atoms with Crippen molar-refractivity contribution in [3.63, 3.8) is 0 Å². The number of carbonyl (C=O) groups excluding carboxylic acids is 2. The van der Waals surface area contributed by atoms with Gasteiger partial charge in [0.05, 0.1) is 11.5 Å². The smallest absolute Gasteiger partial charge is 0.274 e. The number of hydrogen-bond acceptors (Lipinski definition) is 7. The zero-order chi connectivity index (χ0) is 18.4. The molecule has 1 heterocycles. The summed E-state index contributed by atoms with van der Waals surface area (Å²) in [5, 5.41) is 2.58. The molecule has 132 valence electrons. The SMILES string of the molecule is CCOc1cc(C(=O)Nc2ccc(S(=O)(=O)NC(C)=O)cc2)ncn1. The van der Waals surface area contributed by atoms with Gasteiger partial charge >= 0.3 is 0 Å². The van der Waals surface area contributed by atoms with Gasteiger partial charge in [0, 0.05) is 18.7 Å². The lowest BCUT2D eigenvalue weighted by Gasteiger charge is -2.08. The van der Waals surface area contributed by atoms with Gasteiger partial charge in [-0.3, -0.25) is 9.59 Å². The van der Waals surface area contributed by atoms with E-state index in [2.05, 4.69) is 15.3 Å². The molecule has 2 N–H and O–H groups in total. The van der Waals surface area contributed by atoms with E-state index in [1.54, 1.807) is 6.92 Å². The van der Waals surface area contributed by atoms with Gasteiger partial charge in [0.25, 0.3) is 15.9 Å². The molecule has 25 heavy (non-hydrogen) atoms. The van der Waals surface area contributed by atoms with E-state index in [0.717, 1.165) is 6.92 Å². The van der Waals surface area contributed by atoms with Crippen LogP contribution in [0.2, 0.25) is 0 Å². The normalized spacial score (nSPS) is 10.8. The Morgan fingerprint density at radius 3 is 2.44 bits per heavy atom.